The van der Waals surface area contributed by atoms with Crippen LogP contribution in [0.4, 0.5) is 0 Å². The minimum absolute atomic E-state index is 0.00958. The van der Waals surface area contributed by atoms with Crippen LogP contribution < -0.4 is 0 Å². The van der Waals surface area contributed by atoms with Gasteiger partial charge in [0, 0.05) is 12.4 Å². The molecule has 0 saturated heterocycles. The fraction of sp³-hybridized carbons (Fsp3) is 0.273. The van der Waals surface area contributed by atoms with E-state index in [0.717, 1.165) is 5.56 Å². The monoisotopic (exact) mass is 191 g/mol. The summed E-state index contributed by atoms with van der Waals surface area (Å²) < 4.78 is 5.11. The van der Waals surface area contributed by atoms with Crippen LogP contribution >= 0.6 is 0 Å². The molecule has 3 nitrogen and oxygen atoms in total. The molecule has 0 radical (unpaired) electrons. The molecular weight excluding hydrogens is 178 g/mol. The first kappa shape index (κ1) is 10.4. The van der Waals surface area contributed by atoms with Crippen molar-refractivity contribution >= 4 is 11.4 Å². The molecule has 0 aliphatic rings. The number of ether oxygens (including phenoxy) is 1. The maximum atomic E-state index is 11.3. The van der Waals surface area contributed by atoms with Crippen molar-refractivity contribution in [2.75, 3.05) is 6.61 Å². The number of allylic oxidation sites excluding steroid dienone is 1. The molecule has 0 N–H and O–H groups in total. The Kier molecular flexibility index (Phi) is 3.85. The molecule has 0 saturated carbocycles. The quantitative estimate of drug-likeness (QED) is 0.540. The van der Waals surface area contributed by atoms with Crippen LogP contribution in [0.5, 0.6) is 0 Å². The molecule has 1 rings (SSSR count). The van der Waals surface area contributed by atoms with Crippen molar-refractivity contribution in [3.8, 4) is 0 Å². The molecule has 1 aromatic heterocycles. The number of aromatic nitrogens is 1. The van der Waals surface area contributed by atoms with Gasteiger partial charge in [-0.1, -0.05) is 0 Å². The Bertz CT molecular complexity index is 330. The molecule has 0 bridgehead atoms. The standard InChI is InChI=1S/C11H13NO2/c1-3-14-8-11(9(2)13)10-4-6-12-7-5-10/h4-8H,3H2,1-2H3/b11-8-. The van der Waals surface area contributed by atoms with E-state index in [1.54, 1.807) is 24.5 Å². The molecular formula is C11H13NO2. The Balaban J connectivity index is 2.95. The van der Waals surface area contributed by atoms with E-state index in [2.05, 4.69) is 4.98 Å². The maximum Gasteiger partial charge on any atom is 0.163 e. The number of Topliss-reactive ketones (excluding diaryl/α,β-unsaturated/α-hetero) is 1. The second kappa shape index (κ2) is 5.17. The number of pyridine rings is 1. The summed E-state index contributed by atoms with van der Waals surface area (Å²) >= 11 is 0. The number of rotatable bonds is 4. The molecule has 0 aliphatic carbocycles. The van der Waals surface area contributed by atoms with E-state index in [1.807, 2.05) is 6.92 Å². The van der Waals surface area contributed by atoms with Crippen LogP contribution in [0.1, 0.15) is 19.4 Å². The SMILES string of the molecule is CCO/C=C(/C(C)=O)c1ccncc1. The maximum absolute atomic E-state index is 11.3. The van der Waals surface area contributed by atoms with Crippen molar-refractivity contribution in [2.45, 2.75) is 13.8 Å². The van der Waals surface area contributed by atoms with Gasteiger partial charge in [0.05, 0.1) is 18.4 Å². The zero-order chi connectivity index (χ0) is 10.4. The molecule has 0 amide bonds. The summed E-state index contributed by atoms with van der Waals surface area (Å²) in [5.41, 5.74) is 1.41. The third-order valence-electron chi connectivity index (χ3n) is 1.74. The average Bonchev–Trinajstić information content (AvgIpc) is 2.19. The molecule has 0 fully saturated rings. The predicted octanol–water partition coefficient (Wildman–Crippen LogP) is 2.05. The largest absolute Gasteiger partial charge is 0.501 e. The number of carbonyl (C=O) groups excluding carboxylic acids is 1. The van der Waals surface area contributed by atoms with Crippen LogP contribution in [0.15, 0.2) is 30.8 Å². The van der Waals surface area contributed by atoms with Crippen LogP contribution in [-0.2, 0) is 9.53 Å². The first-order chi connectivity index (χ1) is 6.75. The normalized spacial score (nSPS) is 11.1. The summed E-state index contributed by atoms with van der Waals surface area (Å²) in [6.45, 7) is 3.95. The smallest absolute Gasteiger partial charge is 0.163 e. The highest BCUT2D eigenvalue weighted by molar-refractivity contribution is 6.19. The zero-order valence-electron chi connectivity index (χ0n) is 8.36. The summed E-state index contributed by atoms with van der Waals surface area (Å²) in [4.78, 5) is 15.2. The lowest BCUT2D eigenvalue weighted by Crippen LogP contribution is -1.97. The summed E-state index contributed by atoms with van der Waals surface area (Å²) in [6, 6.07) is 3.57. The topological polar surface area (TPSA) is 39.2 Å². The predicted molar refractivity (Wildman–Crippen MR) is 54.5 cm³/mol. The van der Waals surface area contributed by atoms with Gasteiger partial charge in [-0.2, -0.15) is 0 Å². The molecule has 0 aliphatic heterocycles. The van der Waals surface area contributed by atoms with Crippen LogP contribution in [0, 0.1) is 0 Å². The van der Waals surface area contributed by atoms with Crippen molar-refractivity contribution in [1.82, 2.24) is 4.98 Å². The number of hydrogen-bond donors (Lipinski definition) is 0. The summed E-state index contributed by atoms with van der Waals surface area (Å²) in [5, 5.41) is 0. The van der Waals surface area contributed by atoms with Gasteiger partial charge in [-0.3, -0.25) is 9.78 Å². The van der Waals surface area contributed by atoms with E-state index >= 15 is 0 Å². The molecule has 0 unspecified atom stereocenters. The Labute approximate surface area is 83.4 Å². The van der Waals surface area contributed by atoms with Crippen molar-refractivity contribution in [3.05, 3.63) is 36.4 Å². The molecule has 1 aromatic rings. The van der Waals surface area contributed by atoms with E-state index in [4.69, 9.17) is 4.74 Å². The minimum Gasteiger partial charge on any atom is -0.501 e. The minimum atomic E-state index is -0.00958. The van der Waals surface area contributed by atoms with Gasteiger partial charge in [-0.25, -0.2) is 0 Å². The van der Waals surface area contributed by atoms with Gasteiger partial charge in [-0.05, 0) is 31.5 Å². The van der Waals surface area contributed by atoms with Gasteiger partial charge in [0.15, 0.2) is 5.78 Å². The number of ketones is 1. The van der Waals surface area contributed by atoms with E-state index in [-0.39, 0.29) is 5.78 Å². The Morgan fingerprint density at radius 2 is 2.14 bits per heavy atom. The Morgan fingerprint density at radius 3 is 2.64 bits per heavy atom. The fourth-order valence-corrected chi connectivity index (χ4v) is 1.05. The summed E-state index contributed by atoms with van der Waals surface area (Å²) in [7, 11) is 0. The number of carbonyl (C=O) groups is 1. The van der Waals surface area contributed by atoms with E-state index in [0.29, 0.717) is 12.2 Å². The van der Waals surface area contributed by atoms with Gasteiger partial charge in [0.1, 0.15) is 0 Å². The molecule has 1 heterocycles. The van der Waals surface area contributed by atoms with Gasteiger partial charge in [-0.15, -0.1) is 0 Å². The van der Waals surface area contributed by atoms with Crippen LogP contribution in [0.25, 0.3) is 5.57 Å². The third-order valence-corrected chi connectivity index (χ3v) is 1.74. The molecule has 3 heteroatoms. The van der Waals surface area contributed by atoms with Gasteiger partial charge < -0.3 is 4.74 Å². The zero-order valence-corrected chi connectivity index (χ0v) is 8.36. The highest BCUT2D eigenvalue weighted by atomic mass is 16.5. The Hall–Kier alpha value is -1.64. The first-order valence-corrected chi connectivity index (χ1v) is 4.48. The molecule has 74 valence electrons. The second-order valence-corrected chi connectivity index (χ2v) is 2.78. The van der Waals surface area contributed by atoms with Crippen molar-refractivity contribution < 1.29 is 9.53 Å². The number of nitrogens with zero attached hydrogens (tertiary/aromatic N) is 1. The van der Waals surface area contributed by atoms with Crippen molar-refractivity contribution in [2.24, 2.45) is 0 Å². The van der Waals surface area contributed by atoms with Crippen LogP contribution in [0.3, 0.4) is 0 Å². The van der Waals surface area contributed by atoms with Crippen LogP contribution in [0.2, 0.25) is 0 Å². The second-order valence-electron chi connectivity index (χ2n) is 2.78. The molecule has 0 spiro atoms. The lowest BCUT2D eigenvalue weighted by Gasteiger charge is -2.03. The van der Waals surface area contributed by atoms with Gasteiger partial charge in [0.2, 0.25) is 0 Å². The lowest BCUT2D eigenvalue weighted by atomic mass is 10.1. The van der Waals surface area contributed by atoms with E-state index in [1.165, 1.54) is 13.2 Å². The highest BCUT2D eigenvalue weighted by Gasteiger charge is 2.06. The van der Waals surface area contributed by atoms with E-state index in [9.17, 15) is 4.79 Å². The average molecular weight is 191 g/mol. The summed E-state index contributed by atoms with van der Waals surface area (Å²) in [5.74, 6) is -0.00958. The first-order valence-electron chi connectivity index (χ1n) is 4.48. The van der Waals surface area contributed by atoms with Crippen LogP contribution in [-0.4, -0.2) is 17.4 Å². The summed E-state index contributed by atoms with van der Waals surface area (Å²) in [6.07, 6.45) is 4.80. The van der Waals surface area contributed by atoms with Crippen molar-refractivity contribution in [3.63, 3.8) is 0 Å². The van der Waals surface area contributed by atoms with Gasteiger partial charge in [0.25, 0.3) is 0 Å². The van der Waals surface area contributed by atoms with Gasteiger partial charge >= 0.3 is 0 Å². The Morgan fingerprint density at radius 1 is 1.50 bits per heavy atom. The van der Waals surface area contributed by atoms with E-state index < -0.39 is 0 Å². The highest BCUT2D eigenvalue weighted by Crippen LogP contribution is 2.14. The fourth-order valence-electron chi connectivity index (χ4n) is 1.05. The number of hydrogen-bond acceptors (Lipinski definition) is 3. The lowest BCUT2D eigenvalue weighted by molar-refractivity contribution is -0.111. The molecule has 0 atom stereocenters. The third kappa shape index (κ3) is 2.69. The molecule has 0 aromatic carbocycles. The molecule has 14 heavy (non-hydrogen) atoms. The van der Waals surface area contributed by atoms with Crippen molar-refractivity contribution in [1.29, 1.82) is 0 Å².